The predicted molar refractivity (Wildman–Crippen MR) is 90.6 cm³/mol. The van der Waals surface area contributed by atoms with Crippen LogP contribution in [0.25, 0.3) is 5.69 Å². The van der Waals surface area contributed by atoms with Gasteiger partial charge in [-0.15, -0.1) is 0 Å². The van der Waals surface area contributed by atoms with Gasteiger partial charge in [0.25, 0.3) is 0 Å². The standard InChI is InChI=1S/C18H24N4O/c1-15-8-13-21(14-9-15)18(23)19-11-7-16-3-5-17(6-4-16)22-12-2-10-20-22/h2-6,10,12,15H,7-9,11,13-14H2,1H3,(H,19,23). The summed E-state index contributed by atoms with van der Waals surface area (Å²) in [7, 11) is 0. The lowest BCUT2D eigenvalue weighted by Gasteiger charge is -2.30. The Kier molecular flexibility index (Phi) is 4.95. The third-order valence-electron chi connectivity index (χ3n) is 4.47. The molecule has 1 aromatic carbocycles. The number of rotatable bonds is 4. The van der Waals surface area contributed by atoms with Crippen LogP contribution in [0.1, 0.15) is 25.3 Å². The third kappa shape index (κ3) is 4.12. The first-order valence-electron chi connectivity index (χ1n) is 8.34. The van der Waals surface area contributed by atoms with Crippen molar-refractivity contribution in [1.82, 2.24) is 20.0 Å². The van der Waals surface area contributed by atoms with Crippen LogP contribution in [-0.2, 0) is 6.42 Å². The molecule has 0 bridgehead atoms. The van der Waals surface area contributed by atoms with Gasteiger partial charge in [0, 0.05) is 32.0 Å². The predicted octanol–water partition coefficient (Wildman–Crippen LogP) is 2.86. The van der Waals surface area contributed by atoms with E-state index in [2.05, 4.69) is 41.6 Å². The van der Waals surface area contributed by atoms with Gasteiger partial charge < -0.3 is 10.2 Å². The summed E-state index contributed by atoms with van der Waals surface area (Å²) in [6.45, 7) is 4.69. The van der Waals surface area contributed by atoms with E-state index in [9.17, 15) is 4.79 Å². The third-order valence-corrected chi connectivity index (χ3v) is 4.47. The molecule has 0 aliphatic carbocycles. The fourth-order valence-corrected chi connectivity index (χ4v) is 2.87. The molecule has 1 N–H and O–H groups in total. The first kappa shape index (κ1) is 15.6. The maximum absolute atomic E-state index is 12.1. The van der Waals surface area contributed by atoms with E-state index in [0.29, 0.717) is 6.54 Å². The molecule has 1 saturated heterocycles. The zero-order chi connectivity index (χ0) is 16.1. The number of hydrogen-bond donors (Lipinski definition) is 1. The SMILES string of the molecule is CC1CCN(C(=O)NCCc2ccc(-n3cccn3)cc2)CC1. The van der Waals surface area contributed by atoms with Gasteiger partial charge in [0.1, 0.15) is 0 Å². The van der Waals surface area contributed by atoms with E-state index in [4.69, 9.17) is 0 Å². The van der Waals surface area contributed by atoms with E-state index in [1.165, 1.54) is 5.56 Å². The number of aromatic nitrogens is 2. The summed E-state index contributed by atoms with van der Waals surface area (Å²) in [5.74, 6) is 0.743. The van der Waals surface area contributed by atoms with Gasteiger partial charge in [-0.2, -0.15) is 5.10 Å². The molecule has 122 valence electrons. The van der Waals surface area contributed by atoms with E-state index < -0.39 is 0 Å². The minimum atomic E-state index is 0.0741. The lowest BCUT2D eigenvalue weighted by atomic mass is 10.00. The van der Waals surface area contributed by atoms with E-state index in [1.54, 1.807) is 6.20 Å². The average molecular weight is 312 g/mol. The molecule has 5 heteroatoms. The van der Waals surface area contributed by atoms with Gasteiger partial charge >= 0.3 is 6.03 Å². The van der Waals surface area contributed by atoms with Crippen LogP contribution < -0.4 is 5.32 Å². The van der Waals surface area contributed by atoms with Crippen LogP contribution in [0.15, 0.2) is 42.7 Å². The van der Waals surface area contributed by atoms with Crippen molar-refractivity contribution in [3.8, 4) is 5.69 Å². The number of carbonyl (C=O) groups excluding carboxylic acids is 1. The highest BCUT2D eigenvalue weighted by Crippen LogP contribution is 2.15. The Bertz CT molecular complexity index is 613. The van der Waals surface area contributed by atoms with Crippen molar-refractivity contribution in [3.05, 3.63) is 48.3 Å². The molecular weight excluding hydrogens is 288 g/mol. The Hall–Kier alpha value is -2.30. The van der Waals surface area contributed by atoms with Crippen molar-refractivity contribution in [2.45, 2.75) is 26.2 Å². The highest BCUT2D eigenvalue weighted by Gasteiger charge is 2.19. The second kappa shape index (κ2) is 7.31. The number of urea groups is 1. The lowest BCUT2D eigenvalue weighted by Crippen LogP contribution is -2.44. The molecule has 1 aliphatic heterocycles. The first-order valence-corrected chi connectivity index (χ1v) is 8.34. The van der Waals surface area contributed by atoms with Crippen molar-refractivity contribution >= 4 is 6.03 Å². The molecule has 1 aromatic heterocycles. The number of nitrogens with zero attached hydrogens (tertiary/aromatic N) is 3. The van der Waals surface area contributed by atoms with E-state index in [-0.39, 0.29) is 6.03 Å². The summed E-state index contributed by atoms with van der Waals surface area (Å²) in [6, 6.07) is 10.3. The van der Waals surface area contributed by atoms with Gasteiger partial charge in [0.2, 0.25) is 0 Å². The highest BCUT2D eigenvalue weighted by atomic mass is 16.2. The van der Waals surface area contributed by atoms with Gasteiger partial charge in [-0.1, -0.05) is 19.1 Å². The number of amides is 2. The average Bonchev–Trinajstić information content (AvgIpc) is 3.10. The van der Waals surface area contributed by atoms with E-state index >= 15 is 0 Å². The fraction of sp³-hybridized carbons (Fsp3) is 0.444. The molecule has 2 aromatic rings. The second-order valence-electron chi connectivity index (χ2n) is 6.27. The molecule has 2 heterocycles. The second-order valence-corrected chi connectivity index (χ2v) is 6.27. The highest BCUT2D eigenvalue weighted by molar-refractivity contribution is 5.74. The largest absolute Gasteiger partial charge is 0.338 e. The summed E-state index contributed by atoms with van der Waals surface area (Å²) in [5.41, 5.74) is 2.26. The molecule has 0 spiro atoms. The van der Waals surface area contributed by atoms with Gasteiger partial charge in [0.05, 0.1) is 5.69 Å². The minimum Gasteiger partial charge on any atom is -0.338 e. The Balaban J connectivity index is 1.44. The van der Waals surface area contributed by atoms with Crippen molar-refractivity contribution < 1.29 is 4.79 Å². The van der Waals surface area contributed by atoms with Gasteiger partial charge in [0.15, 0.2) is 0 Å². The van der Waals surface area contributed by atoms with Crippen molar-refractivity contribution in [1.29, 1.82) is 0 Å². The summed E-state index contributed by atoms with van der Waals surface area (Å²) in [5, 5.41) is 7.24. The Morgan fingerprint density at radius 1 is 1.26 bits per heavy atom. The Labute approximate surface area is 137 Å². The summed E-state index contributed by atoms with van der Waals surface area (Å²) in [6.07, 6.45) is 6.76. The summed E-state index contributed by atoms with van der Waals surface area (Å²) in [4.78, 5) is 14.0. The Morgan fingerprint density at radius 2 is 2.00 bits per heavy atom. The van der Waals surface area contributed by atoms with Crippen molar-refractivity contribution in [2.75, 3.05) is 19.6 Å². The molecule has 0 unspecified atom stereocenters. The Morgan fingerprint density at radius 3 is 2.65 bits per heavy atom. The van der Waals surface area contributed by atoms with Crippen LogP contribution >= 0.6 is 0 Å². The van der Waals surface area contributed by atoms with Crippen LogP contribution in [0, 0.1) is 5.92 Å². The molecule has 1 fully saturated rings. The van der Waals surface area contributed by atoms with Crippen LogP contribution in [0.3, 0.4) is 0 Å². The zero-order valence-corrected chi connectivity index (χ0v) is 13.6. The maximum Gasteiger partial charge on any atom is 0.317 e. The molecule has 0 radical (unpaired) electrons. The zero-order valence-electron chi connectivity index (χ0n) is 13.6. The number of carbonyl (C=O) groups is 1. The molecule has 2 amide bonds. The fourth-order valence-electron chi connectivity index (χ4n) is 2.87. The van der Waals surface area contributed by atoms with Gasteiger partial charge in [-0.05, 0) is 48.9 Å². The molecule has 23 heavy (non-hydrogen) atoms. The minimum absolute atomic E-state index is 0.0741. The smallest absolute Gasteiger partial charge is 0.317 e. The molecule has 3 rings (SSSR count). The number of benzene rings is 1. The number of piperidine rings is 1. The lowest BCUT2D eigenvalue weighted by molar-refractivity contribution is 0.174. The van der Waals surface area contributed by atoms with Crippen molar-refractivity contribution in [3.63, 3.8) is 0 Å². The molecule has 0 saturated carbocycles. The van der Waals surface area contributed by atoms with E-state index in [1.807, 2.05) is 21.8 Å². The van der Waals surface area contributed by atoms with Crippen LogP contribution in [-0.4, -0.2) is 40.3 Å². The number of hydrogen-bond acceptors (Lipinski definition) is 2. The van der Waals surface area contributed by atoms with Crippen LogP contribution in [0.5, 0.6) is 0 Å². The van der Waals surface area contributed by atoms with Crippen LogP contribution in [0.4, 0.5) is 4.79 Å². The maximum atomic E-state index is 12.1. The van der Waals surface area contributed by atoms with E-state index in [0.717, 1.165) is 44.0 Å². The van der Waals surface area contributed by atoms with Crippen LogP contribution in [0.2, 0.25) is 0 Å². The van der Waals surface area contributed by atoms with Gasteiger partial charge in [-0.3, -0.25) is 0 Å². The normalized spacial score (nSPS) is 15.6. The van der Waals surface area contributed by atoms with Gasteiger partial charge in [-0.25, -0.2) is 9.48 Å². The topological polar surface area (TPSA) is 50.2 Å². The number of likely N-dealkylation sites (tertiary alicyclic amines) is 1. The molecule has 5 nitrogen and oxygen atoms in total. The van der Waals surface area contributed by atoms with Crippen molar-refractivity contribution in [2.24, 2.45) is 5.92 Å². The molecule has 1 aliphatic rings. The quantitative estimate of drug-likeness (QED) is 0.944. The molecule has 0 atom stereocenters. The summed E-state index contributed by atoms with van der Waals surface area (Å²) >= 11 is 0. The molecular formula is C18H24N4O. The summed E-state index contributed by atoms with van der Waals surface area (Å²) < 4.78 is 1.84. The number of nitrogens with one attached hydrogen (secondary N) is 1. The first-order chi connectivity index (χ1) is 11.2. The monoisotopic (exact) mass is 312 g/mol.